The van der Waals surface area contributed by atoms with Crippen LogP contribution in [0.2, 0.25) is 0 Å². The number of hydrogen-bond acceptors (Lipinski definition) is 3. The summed E-state index contributed by atoms with van der Waals surface area (Å²) >= 11 is 0. The lowest BCUT2D eigenvalue weighted by atomic mass is 10.0. The van der Waals surface area contributed by atoms with Crippen LogP contribution in [0.4, 0.5) is 0 Å². The van der Waals surface area contributed by atoms with Crippen molar-refractivity contribution in [1.29, 1.82) is 5.26 Å². The second-order valence-electron chi connectivity index (χ2n) is 5.20. The van der Waals surface area contributed by atoms with Gasteiger partial charge in [-0.3, -0.25) is 0 Å². The number of benzene rings is 1. The number of methoxy groups -OCH3 is 1. The molecule has 0 heterocycles. The molecule has 0 aliphatic heterocycles. The fourth-order valence-corrected chi connectivity index (χ4v) is 2.74. The van der Waals surface area contributed by atoms with Gasteiger partial charge in [0.15, 0.2) is 11.5 Å². The van der Waals surface area contributed by atoms with Gasteiger partial charge in [-0.2, -0.15) is 5.26 Å². The van der Waals surface area contributed by atoms with Crippen LogP contribution >= 0.6 is 0 Å². The second kappa shape index (κ2) is 5.88. The average Bonchev–Trinajstić information content (AvgIpc) is 2.90. The highest BCUT2D eigenvalue weighted by Gasteiger charge is 2.23. The molecule has 2 aliphatic rings. The van der Waals surface area contributed by atoms with Gasteiger partial charge in [0.25, 0.3) is 0 Å². The van der Waals surface area contributed by atoms with Gasteiger partial charge in [-0.15, -0.1) is 0 Å². The van der Waals surface area contributed by atoms with Crippen molar-refractivity contribution in [2.45, 2.75) is 25.4 Å². The molecule has 0 radical (unpaired) electrons. The Bertz CT molecular complexity index is 677. The van der Waals surface area contributed by atoms with Crippen LogP contribution in [0, 0.1) is 11.3 Å². The summed E-state index contributed by atoms with van der Waals surface area (Å²) in [7, 11) is 1.63. The van der Waals surface area contributed by atoms with Crippen LogP contribution in [0.25, 0.3) is 0 Å². The van der Waals surface area contributed by atoms with Gasteiger partial charge < -0.3 is 9.47 Å². The molecular formula is C18H17NO2. The Hall–Kier alpha value is -2.47. The molecule has 0 bridgehead atoms. The number of nitriles is 1. The third-order valence-electron chi connectivity index (χ3n) is 3.78. The maximum absolute atomic E-state index is 8.82. The van der Waals surface area contributed by atoms with Gasteiger partial charge in [-0.05, 0) is 41.3 Å². The Balaban J connectivity index is 1.80. The number of rotatable bonds is 4. The largest absolute Gasteiger partial charge is 0.493 e. The Morgan fingerprint density at radius 2 is 2.19 bits per heavy atom. The number of fused-ring (bicyclic) bond motifs is 1. The molecule has 1 atom stereocenters. The summed E-state index contributed by atoms with van der Waals surface area (Å²) in [6, 6.07) is 7.81. The quantitative estimate of drug-likeness (QED) is 0.843. The first kappa shape index (κ1) is 13.5. The fraction of sp³-hybridized carbons (Fsp3) is 0.278. The van der Waals surface area contributed by atoms with Crippen molar-refractivity contribution in [3.05, 3.63) is 59.2 Å². The zero-order valence-electron chi connectivity index (χ0n) is 12.0. The first-order chi connectivity index (χ1) is 10.3. The number of hydrogen-bond donors (Lipinski definition) is 0. The standard InChI is InChI=1S/C18H17NO2/c1-20-17-7-6-13(8-9-19)10-18(17)21-16-11-14-4-2-3-5-15(14)12-16/h2-4,6-7,10,12,16H,5,8,11H2,1H3. The maximum Gasteiger partial charge on any atom is 0.162 e. The molecule has 0 N–H and O–H groups in total. The van der Waals surface area contributed by atoms with E-state index < -0.39 is 0 Å². The zero-order valence-corrected chi connectivity index (χ0v) is 12.0. The highest BCUT2D eigenvalue weighted by Crippen LogP contribution is 2.36. The molecule has 106 valence electrons. The molecule has 3 heteroatoms. The van der Waals surface area contributed by atoms with E-state index in [1.54, 1.807) is 7.11 Å². The van der Waals surface area contributed by atoms with E-state index in [9.17, 15) is 0 Å². The Morgan fingerprint density at radius 1 is 1.29 bits per heavy atom. The maximum atomic E-state index is 8.82. The van der Waals surface area contributed by atoms with Crippen LogP contribution in [0.5, 0.6) is 11.5 Å². The summed E-state index contributed by atoms with van der Waals surface area (Å²) in [5.41, 5.74) is 3.65. The summed E-state index contributed by atoms with van der Waals surface area (Å²) in [6.45, 7) is 0. The molecule has 0 spiro atoms. The summed E-state index contributed by atoms with van der Waals surface area (Å²) in [5, 5.41) is 8.82. The first-order valence-corrected chi connectivity index (χ1v) is 7.07. The van der Waals surface area contributed by atoms with Gasteiger partial charge in [0, 0.05) is 6.42 Å². The number of ether oxygens (including phenoxy) is 2. The van der Waals surface area contributed by atoms with E-state index in [0.29, 0.717) is 17.9 Å². The first-order valence-electron chi connectivity index (χ1n) is 7.07. The van der Waals surface area contributed by atoms with Gasteiger partial charge in [0.2, 0.25) is 0 Å². The van der Waals surface area contributed by atoms with Crippen molar-refractivity contribution in [2.75, 3.05) is 7.11 Å². The van der Waals surface area contributed by atoms with Crippen LogP contribution in [-0.4, -0.2) is 13.2 Å². The SMILES string of the molecule is COc1ccc(CC#N)cc1OC1C=C2CC=CC=C2C1. The minimum absolute atomic E-state index is 0.0392. The van der Waals surface area contributed by atoms with Crippen LogP contribution in [-0.2, 0) is 6.42 Å². The lowest BCUT2D eigenvalue weighted by Gasteiger charge is -2.15. The van der Waals surface area contributed by atoms with E-state index >= 15 is 0 Å². The zero-order chi connectivity index (χ0) is 14.7. The predicted molar refractivity (Wildman–Crippen MR) is 81.3 cm³/mol. The normalized spacial score (nSPS) is 19.3. The van der Waals surface area contributed by atoms with Crippen LogP contribution in [0.1, 0.15) is 18.4 Å². The third kappa shape index (κ3) is 2.85. The monoisotopic (exact) mass is 279 g/mol. The Morgan fingerprint density at radius 3 is 2.95 bits per heavy atom. The van der Waals surface area contributed by atoms with Crippen LogP contribution < -0.4 is 9.47 Å². The second-order valence-corrected chi connectivity index (χ2v) is 5.20. The summed E-state index contributed by atoms with van der Waals surface area (Å²) in [6.07, 6.45) is 10.9. The molecule has 0 amide bonds. The lowest BCUT2D eigenvalue weighted by molar-refractivity contribution is 0.242. The number of allylic oxidation sites excluding steroid dienone is 4. The summed E-state index contributed by atoms with van der Waals surface area (Å²) < 4.78 is 11.4. The van der Waals surface area contributed by atoms with E-state index in [0.717, 1.165) is 18.4 Å². The van der Waals surface area contributed by atoms with Crippen molar-refractivity contribution < 1.29 is 9.47 Å². The Labute approximate surface area is 124 Å². The molecule has 1 aromatic rings. The van der Waals surface area contributed by atoms with Crippen molar-refractivity contribution in [1.82, 2.24) is 0 Å². The van der Waals surface area contributed by atoms with Gasteiger partial charge in [0.1, 0.15) is 6.10 Å². The van der Waals surface area contributed by atoms with Crippen molar-refractivity contribution in [2.24, 2.45) is 0 Å². The highest BCUT2D eigenvalue weighted by molar-refractivity contribution is 5.47. The third-order valence-corrected chi connectivity index (χ3v) is 3.78. The molecule has 1 aromatic carbocycles. The van der Waals surface area contributed by atoms with E-state index in [4.69, 9.17) is 14.7 Å². The van der Waals surface area contributed by atoms with Crippen molar-refractivity contribution >= 4 is 0 Å². The van der Waals surface area contributed by atoms with Gasteiger partial charge >= 0.3 is 0 Å². The van der Waals surface area contributed by atoms with Gasteiger partial charge in [0.05, 0.1) is 19.6 Å². The van der Waals surface area contributed by atoms with Gasteiger partial charge in [-0.25, -0.2) is 0 Å². The minimum atomic E-state index is 0.0392. The molecule has 0 aromatic heterocycles. The Kier molecular flexibility index (Phi) is 3.79. The molecule has 3 rings (SSSR count). The highest BCUT2D eigenvalue weighted by atomic mass is 16.5. The van der Waals surface area contributed by atoms with Crippen molar-refractivity contribution in [3.63, 3.8) is 0 Å². The average molecular weight is 279 g/mol. The van der Waals surface area contributed by atoms with Crippen molar-refractivity contribution in [3.8, 4) is 17.6 Å². The van der Waals surface area contributed by atoms with Crippen LogP contribution in [0.15, 0.2) is 53.6 Å². The predicted octanol–water partition coefficient (Wildman–Crippen LogP) is 3.73. The molecular weight excluding hydrogens is 262 g/mol. The topological polar surface area (TPSA) is 42.2 Å². The summed E-state index contributed by atoms with van der Waals surface area (Å²) in [4.78, 5) is 0. The van der Waals surface area contributed by atoms with E-state index in [1.807, 2.05) is 18.2 Å². The molecule has 2 aliphatic carbocycles. The smallest absolute Gasteiger partial charge is 0.162 e. The molecule has 0 saturated heterocycles. The van der Waals surface area contributed by atoms with Crippen LogP contribution in [0.3, 0.4) is 0 Å². The summed E-state index contributed by atoms with van der Waals surface area (Å²) in [5.74, 6) is 1.41. The fourth-order valence-electron chi connectivity index (χ4n) is 2.74. The minimum Gasteiger partial charge on any atom is -0.493 e. The van der Waals surface area contributed by atoms with E-state index in [2.05, 4.69) is 30.4 Å². The molecule has 3 nitrogen and oxygen atoms in total. The van der Waals surface area contributed by atoms with E-state index in [-0.39, 0.29) is 6.10 Å². The molecule has 1 unspecified atom stereocenters. The van der Waals surface area contributed by atoms with Gasteiger partial charge in [-0.1, -0.05) is 24.3 Å². The van der Waals surface area contributed by atoms with E-state index in [1.165, 1.54) is 11.1 Å². The molecule has 21 heavy (non-hydrogen) atoms. The molecule has 0 saturated carbocycles. The molecule has 0 fully saturated rings. The lowest BCUT2D eigenvalue weighted by Crippen LogP contribution is -2.11. The number of nitrogens with zero attached hydrogens (tertiary/aromatic N) is 1.